The van der Waals surface area contributed by atoms with Gasteiger partial charge in [-0.05, 0) is 23.2 Å². The third-order valence-electron chi connectivity index (χ3n) is 3.06. The summed E-state index contributed by atoms with van der Waals surface area (Å²) in [6.07, 6.45) is -3.57. The molecule has 20 heavy (non-hydrogen) atoms. The third kappa shape index (κ3) is 3.90. The van der Waals surface area contributed by atoms with Gasteiger partial charge in [-0.25, -0.2) is 4.98 Å². The molecule has 1 fully saturated rings. The van der Waals surface area contributed by atoms with E-state index in [1.54, 1.807) is 4.90 Å². The summed E-state index contributed by atoms with van der Waals surface area (Å²) in [5.41, 5.74) is -0.776. The number of nitrogens with zero attached hydrogens (tertiary/aromatic N) is 3. The van der Waals surface area contributed by atoms with Crippen molar-refractivity contribution in [2.75, 3.05) is 37.0 Å². The lowest BCUT2D eigenvalue weighted by Gasteiger charge is -2.35. The molecule has 0 spiro atoms. The van der Waals surface area contributed by atoms with Gasteiger partial charge in [-0.15, -0.1) is 0 Å². The van der Waals surface area contributed by atoms with Crippen LogP contribution < -0.4 is 4.90 Å². The summed E-state index contributed by atoms with van der Waals surface area (Å²) >= 11 is -2.12. The van der Waals surface area contributed by atoms with Crippen LogP contribution in [0.25, 0.3) is 0 Å². The Hall–Kier alpha value is -1.19. The maximum atomic E-state index is 12.4. The molecule has 0 aromatic carbocycles. The van der Waals surface area contributed by atoms with Gasteiger partial charge in [0.05, 0.1) is 11.4 Å². The fraction of sp³-hybridized carbons (Fsp3) is 0.545. The molecule has 1 unspecified atom stereocenters. The van der Waals surface area contributed by atoms with E-state index in [2.05, 4.69) is 4.98 Å². The van der Waals surface area contributed by atoms with E-state index < -0.39 is 22.8 Å². The Labute approximate surface area is 116 Å². The molecular formula is C11H13F3N3O2S-. The number of anilines is 1. The van der Waals surface area contributed by atoms with Crippen LogP contribution in [-0.4, -0.2) is 50.7 Å². The van der Waals surface area contributed by atoms with Gasteiger partial charge in [-0.2, -0.15) is 13.2 Å². The second kappa shape index (κ2) is 6.06. The summed E-state index contributed by atoms with van der Waals surface area (Å²) in [4.78, 5) is 7.43. The van der Waals surface area contributed by atoms with Gasteiger partial charge in [0, 0.05) is 32.4 Å². The largest absolute Gasteiger partial charge is 0.771 e. The van der Waals surface area contributed by atoms with Crippen molar-refractivity contribution in [3.05, 3.63) is 23.9 Å². The maximum Gasteiger partial charge on any atom is 0.417 e. The molecule has 0 amide bonds. The van der Waals surface area contributed by atoms with E-state index in [-0.39, 0.29) is 5.88 Å². The quantitative estimate of drug-likeness (QED) is 0.782. The number of aromatic nitrogens is 1. The van der Waals surface area contributed by atoms with Gasteiger partial charge in [-0.3, -0.25) is 9.11 Å². The van der Waals surface area contributed by atoms with Crippen LogP contribution >= 0.6 is 0 Å². The van der Waals surface area contributed by atoms with Gasteiger partial charge in [0.15, 0.2) is 0 Å². The molecule has 0 bridgehead atoms. The summed E-state index contributed by atoms with van der Waals surface area (Å²) in [5.74, 6) is 0.453. The lowest BCUT2D eigenvalue weighted by molar-refractivity contribution is -0.137. The summed E-state index contributed by atoms with van der Waals surface area (Å²) in [6, 6.07) is 2.34. The molecule has 1 saturated heterocycles. The van der Waals surface area contributed by atoms with Crippen molar-refractivity contribution in [3.63, 3.8) is 0 Å². The van der Waals surface area contributed by atoms with Crippen LogP contribution in [0.2, 0.25) is 0 Å². The van der Waals surface area contributed by atoms with E-state index in [9.17, 15) is 21.9 Å². The molecule has 0 radical (unpaired) electrons. The zero-order chi connectivity index (χ0) is 14.8. The average molecular weight is 308 g/mol. The van der Waals surface area contributed by atoms with E-state index in [1.807, 2.05) is 4.90 Å². The SMILES string of the molecule is O=S([O-])CN1CCN(c2ccc(C(F)(F)F)cn2)CC1. The Bertz CT molecular complexity index is 473. The maximum absolute atomic E-state index is 12.4. The first kappa shape index (κ1) is 15.2. The van der Waals surface area contributed by atoms with Gasteiger partial charge in [0.25, 0.3) is 0 Å². The van der Waals surface area contributed by atoms with Gasteiger partial charge in [0.2, 0.25) is 0 Å². The van der Waals surface area contributed by atoms with E-state index in [0.29, 0.717) is 32.0 Å². The standard InChI is InChI=1S/C11H14F3N3O2S/c12-11(13,14)9-1-2-10(15-7-9)17-5-3-16(4-6-17)8-20(18)19/h1-2,7H,3-6,8H2,(H,18,19)/p-1. The third-order valence-corrected chi connectivity index (χ3v) is 3.64. The molecule has 1 atom stereocenters. The van der Waals surface area contributed by atoms with Crippen molar-refractivity contribution >= 4 is 16.9 Å². The number of pyridine rings is 1. The molecule has 1 aliphatic rings. The molecule has 0 N–H and O–H groups in total. The number of hydrogen-bond acceptors (Lipinski definition) is 5. The highest BCUT2D eigenvalue weighted by molar-refractivity contribution is 7.79. The van der Waals surface area contributed by atoms with Crippen LogP contribution in [0, 0.1) is 0 Å². The van der Waals surface area contributed by atoms with Gasteiger partial charge in [0.1, 0.15) is 5.82 Å². The van der Waals surface area contributed by atoms with Crippen molar-refractivity contribution in [1.29, 1.82) is 0 Å². The second-order valence-corrected chi connectivity index (χ2v) is 5.31. The van der Waals surface area contributed by atoms with Crippen molar-refractivity contribution in [2.45, 2.75) is 6.18 Å². The van der Waals surface area contributed by atoms with Crippen molar-refractivity contribution in [3.8, 4) is 0 Å². The van der Waals surface area contributed by atoms with Crippen molar-refractivity contribution in [2.24, 2.45) is 0 Å². The second-order valence-electron chi connectivity index (χ2n) is 4.44. The topological polar surface area (TPSA) is 59.5 Å². The molecule has 5 nitrogen and oxygen atoms in total. The molecule has 2 rings (SSSR count). The zero-order valence-corrected chi connectivity index (χ0v) is 11.3. The van der Waals surface area contributed by atoms with Crippen LogP contribution in [0.15, 0.2) is 18.3 Å². The molecule has 0 saturated carbocycles. The number of halogens is 3. The minimum atomic E-state index is -4.39. The van der Waals surface area contributed by atoms with E-state index >= 15 is 0 Å². The molecular weight excluding hydrogens is 295 g/mol. The summed E-state index contributed by atoms with van der Waals surface area (Å²) < 4.78 is 58.4. The Morgan fingerprint density at radius 1 is 1.25 bits per heavy atom. The van der Waals surface area contributed by atoms with Crippen LogP contribution in [0.5, 0.6) is 0 Å². The number of alkyl halides is 3. The first-order valence-electron chi connectivity index (χ1n) is 5.92. The monoisotopic (exact) mass is 308 g/mol. The van der Waals surface area contributed by atoms with Crippen molar-refractivity contribution < 1.29 is 21.9 Å². The minimum absolute atomic E-state index is 0.0196. The molecule has 1 aliphatic heterocycles. The van der Waals surface area contributed by atoms with Crippen molar-refractivity contribution in [1.82, 2.24) is 9.88 Å². The van der Waals surface area contributed by atoms with Gasteiger partial charge >= 0.3 is 6.18 Å². The van der Waals surface area contributed by atoms with Gasteiger partial charge in [-0.1, -0.05) is 0 Å². The smallest absolute Gasteiger partial charge is 0.417 e. The lowest BCUT2D eigenvalue weighted by atomic mass is 10.2. The Kier molecular flexibility index (Phi) is 4.61. The molecule has 112 valence electrons. The molecule has 1 aromatic rings. The zero-order valence-electron chi connectivity index (χ0n) is 10.5. The highest BCUT2D eigenvalue weighted by Gasteiger charge is 2.31. The molecule has 1 aromatic heterocycles. The Balaban J connectivity index is 1.95. The van der Waals surface area contributed by atoms with Crippen LogP contribution in [0.3, 0.4) is 0 Å². The highest BCUT2D eigenvalue weighted by Crippen LogP contribution is 2.29. The lowest BCUT2D eigenvalue weighted by Crippen LogP contribution is -2.47. The predicted molar refractivity (Wildman–Crippen MR) is 66.8 cm³/mol. The van der Waals surface area contributed by atoms with E-state index in [1.165, 1.54) is 6.07 Å². The van der Waals surface area contributed by atoms with E-state index in [0.717, 1.165) is 12.3 Å². The number of hydrogen-bond donors (Lipinski definition) is 0. The number of rotatable bonds is 3. The highest BCUT2D eigenvalue weighted by atomic mass is 32.2. The first-order chi connectivity index (χ1) is 9.36. The van der Waals surface area contributed by atoms with Crippen LogP contribution in [-0.2, 0) is 17.3 Å². The summed E-state index contributed by atoms with van der Waals surface area (Å²) in [7, 11) is 0. The molecule has 9 heteroatoms. The molecule has 0 aliphatic carbocycles. The summed E-state index contributed by atoms with van der Waals surface area (Å²) in [5, 5.41) is 0. The minimum Gasteiger partial charge on any atom is -0.771 e. The van der Waals surface area contributed by atoms with Crippen LogP contribution in [0.4, 0.5) is 19.0 Å². The Morgan fingerprint density at radius 3 is 2.35 bits per heavy atom. The molecule has 2 heterocycles. The average Bonchev–Trinajstić information content (AvgIpc) is 2.38. The van der Waals surface area contributed by atoms with Crippen LogP contribution in [0.1, 0.15) is 5.56 Å². The first-order valence-corrected chi connectivity index (χ1v) is 7.17. The fourth-order valence-electron chi connectivity index (χ4n) is 2.00. The Morgan fingerprint density at radius 2 is 1.90 bits per heavy atom. The fourth-order valence-corrected chi connectivity index (χ4v) is 2.55. The predicted octanol–water partition coefficient (Wildman–Crippen LogP) is 1.06. The van der Waals surface area contributed by atoms with Gasteiger partial charge < -0.3 is 9.45 Å². The normalized spacial score (nSPS) is 19.1. The van der Waals surface area contributed by atoms with E-state index in [4.69, 9.17) is 0 Å². The summed E-state index contributed by atoms with van der Waals surface area (Å²) in [6.45, 7) is 2.15. The number of piperazine rings is 1.